The van der Waals surface area contributed by atoms with Gasteiger partial charge in [-0.05, 0) is 61.8 Å². The first-order valence-corrected chi connectivity index (χ1v) is 7.53. The molecule has 1 nitrogen and oxygen atoms in total. The van der Waals surface area contributed by atoms with Gasteiger partial charge in [-0.2, -0.15) is 0 Å². The Kier molecular flexibility index (Phi) is 4.49. The van der Waals surface area contributed by atoms with Gasteiger partial charge in [0.1, 0.15) is 0 Å². The number of hydrogen-bond donors (Lipinski definition) is 1. The topological polar surface area (TPSA) is 12.0 Å². The third-order valence-electron chi connectivity index (χ3n) is 3.82. The Labute approximate surface area is 113 Å². The summed E-state index contributed by atoms with van der Waals surface area (Å²) in [7, 11) is 0. The predicted molar refractivity (Wildman–Crippen MR) is 78.6 cm³/mol. The molecule has 1 aromatic rings. The zero-order chi connectivity index (χ0) is 12.3. The van der Waals surface area contributed by atoms with Crippen LogP contribution < -0.4 is 5.32 Å². The van der Waals surface area contributed by atoms with E-state index in [-0.39, 0.29) is 0 Å². The Bertz CT molecular complexity index is 367. The van der Waals surface area contributed by atoms with Gasteiger partial charge in [-0.15, -0.1) is 0 Å². The lowest BCUT2D eigenvalue weighted by Gasteiger charge is -2.28. The van der Waals surface area contributed by atoms with E-state index in [0.717, 1.165) is 12.3 Å². The van der Waals surface area contributed by atoms with Crippen molar-refractivity contribution in [2.45, 2.75) is 52.0 Å². The molecule has 1 N–H and O–H groups in total. The predicted octanol–water partition coefficient (Wildman–Crippen LogP) is 5.00. The van der Waals surface area contributed by atoms with Crippen molar-refractivity contribution in [1.82, 2.24) is 0 Å². The minimum absolute atomic E-state index is 0.678. The maximum Gasteiger partial charge on any atom is 0.0375 e. The summed E-state index contributed by atoms with van der Waals surface area (Å²) in [5.41, 5.74) is 2.74. The number of anilines is 1. The maximum absolute atomic E-state index is 3.73. The first-order valence-electron chi connectivity index (χ1n) is 6.74. The lowest BCUT2D eigenvalue weighted by molar-refractivity contribution is 0.361. The summed E-state index contributed by atoms with van der Waals surface area (Å²) in [4.78, 5) is 0. The van der Waals surface area contributed by atoms with Gasteiger partial charge < -0.3 is 5.32 Å². The van der Waals surface area contributed by atoms with Gasteiger partial charge in [0.05, 0.1) is 0 Å². The van der Waals surface area contributed by atoms with Crippen molar-refractivity contribution in [3.8, 4) is 0 Å². The Morgan fingerprint density at radius 3 is 2.59 bits per heavy atom. The van der Waals surface area contributed by atoms with E-state index >= 15 is 0 Å². The highest BCUT2D eigenvalue weighted by Crippen LogP contribution is 2.28. The highest BCUT2D eigenvalue weighted by molar-refractivity contribution is 9.10. The minimum Gasteiger partial charge on any atom is -0.382 e. The van der Waals surface area contributed by atoms with E-state index in [1.807, 2.05) is 0 Å². The molecular weight excluding hydrogens is 274 g/mol. The molecule has 17 heavy (non-hydrogen) atoms. The van der Waals surface area contributed by atoms with E-state index in [1.54, 1.807) is 0 Å². The van der Waals surface area contributed by atoms with Crippen LogP contribution in [0.15, 0.2) is 22.7 Å². The number of aryl methyl sites for hydroxylation is 1. The largest absolute Gasteiger partial charge is 0.382 e. The molecule has 1 fully saturated rings. The molecule has 2 heteroatoms. The van der Waals surface area contributed by atoms with Crippen molar-refractivity contribution >= 4 is 21.6 Å². The van der Waals surface area contributed by atoms with Crippen LogP contribution in [0.2, 0.25) is 0 Å². The molecule has 1 aliphatic rings. The fourth-order valence-electron chi connectivity index (χ4n) is 2.62. The van der Waals surface area contributed by atoms with Gasteiger partial charge in [-0.25, -0.2) is 0 Å². The Hall–Kier alpha value is -0.500. The van der Waals surface area contributed by atoms with Crippen molar-refractivity contribution in [2.24, 2.45) is 5.92 Å². The molecule has 0 bridgehead atoms. The Morgan fingerprint density at radius 2 is 1.94 bits per heavy atom. The van der Waals surface area contributed by atoms with Gasteiger partial charge in [0.2, 0.25) is 0 Å². The second kappa shape index (κ2) is 5.90. The van der Waals surface area contributed by atoms with Crippen molar-refractivity contribution in [2.75, 3.05) is 5.32 Å². The van der Waals surface area contributed by atoms with Crippen molar-refractivity contribution in [3.63, 3.8) is 0 Å². The molecule has 0 radical (unpaired) electrons. The van der Waals surface area contributed by atoms with Crippen LogP contribution in [0.4, 0.5) is 5.69 Å². The van der Waals surface area contributed by atoms with Crippen molar-refractivity contribution < 1.29 is 0 Å². The molecule has 0 saturated heterocycles. The normalized spacial score (nSPS) is 24.6. The summed E-state index contributed by atoms with van der Waals surface area (Å²) in [5.74, 6) is 0.920. The van der Waals surface area contributed by atoms with Crippen LogP contribution in [0.5, 0.6) is 0 Å². The molecule has 0 unspecified atom stereocenters. The van der Waals surface area contributed by atoms with E-state index in [4.69, 9.17) is 0 Å². The number of rotatable bonds is 3. The minimum atomic E-state index is 0.678. The molecule has 1 aliphatic carbocycles. The van der Waals surface area contributed by atoms with Crippen molar-refractivity contribution in [1.29, 1.82) is 0 Å². The summed E-state index contributed by atoms with van der Waals surface area (Å²) in [6.07, 6.45) is 6.47. The van der Waals surface area contributed by atoms with Crippen molar-refractivity contribution in [3.05, 3.63) is 28.2 Å². The van der Waals surface area contributed by atoms with Crippen LogP contribution in [0, 0.1) is 5.92 Å². The van der Waals surface area contributed by atoms with Gasteiger partial charge in [0.25, 0.3) is 0 Å². The maximum atomic E-state index is 3.73. The Morgan fingerprint density at radius 1 is 1.24 bits per heavy atom. The SMILES string of the molecule is CCc1cc(Br)ccc1NC1CCC(C)CC1. The zero-order valence-corrected chi connectivity index (χ0v) is 12.4. The van der Waals surface area contributed by atoms with Crippen LogP contribution >= 0.6 is 15.9 Å². The molecule has 0 amide bonds. The molecule has 0 atom stereocenters. The van der Waals surface area contributed by atoms with Crippen LogP contribution in [0.1, 0.15) is 45.1 Å². The molecule has 0 aromatic heterocycles. The molecular formula is C15H22BrN. The zero-order valence-electron chi connectivity index (χ0n) is 10.8. The molecule has 2 rings (SSSR count). The number of hydrogen-bond acceptors (Lipinski definition) is 1. The first kappa shape index (κ1) is 12.9. The highest BCUT2D eigenvalue weighted by atomic mass is 79.9. The van der Waals surface area contributed by atoms with Gasteiger partial charge in [-0.3, -0.25) is 0 Å². The smallest absolute Gasteiger partial charge is 0.0375 e. The molecule has 1 saturated carbocycles. The third-order valence-corrected chi connectivity index (χ3v) is 4.32. The van der Waals surface area contributed by atoms with Gasteiger partial charge in [-0.1, -0.05) is 29.8 Å². The van der Waals surface area contributed by atoms with Gasteiger partial charge in [0.15, 0.2) is 0 Å². The summed E-state index contributed by atoms with van der Waals surface area (Å²) in [6, 6.07) is 7.25. The highest BCUT2D eigenvalue weighted by Gasteiger charge is 2.18. The standard InChI is InChI=1S/C15H22BrN/c1-3-12-10-13(16)6-9-15(12)17-14-7-4-11(2)5-8-14/h6,9-11,14,17H,3-5,7-8H2,1-2H3. The number of benzene rings is 1. The quantitative estimate of drug-likeness (QED) is 0.827. The van der Waals surface area contributed by atoms with E-state index in [1.165, 1.54) is 41.4 Å². The van der Waals surface area contributed by atoms with Gasteiger partial charge >= 0.3 is 0 Å². The molecule has 0 spiro atoms. The van der Waals surface area contributed by atoms with Crippen LogP contribution in [0.3, 0.4) is 0 Å². The number of halogens is 1. The summed E-state index contributed by atoms with van der Waals surface area (Å²) >= 11 is 3.54. The van der Waals surface area contributed by atoms with Crippen LogP contribution in [-0.4, -0.2) is 6.04 Å². The first-order chi connectivity index (χ1) is 8.19. The molecule has 0 aliphatic heterocycles. The third kappa shape index (κ3) is 3.48. The second-order valence-corrected chi connectivity index (χ2v) is 6.17. The van der Waals surface area contributed by atoms with E-state index in [2.05, 4.69) is 53.3 Å². The summed E-state index contributed by atoms with van der Waals surface area (Å²) in [5, 5.41) is 3.73. The van der Waals surface area contributed by atoms with Crippen LogP contribution in [-0.2, 0) is 6.42 Å². The van der Waals surface area contributed by atoms with E-state index in [0.29, 0.717) is 6.04 Å². The van der Waals surface area contributed by atoms with E-state index in [9.17, 15) is 0 Å². The fourth-order valence-corrected chi connectivity index (χ4v) is 3.03. The van der Waals surface area contributed by atoms with Crippen LogP contribution in [0.25, 0.3) is 0 Å². The summed E-state index contributed by atoms with van der Waals surface area (Å²) < 4.78 is 1.18. The summed E-state index contributed by atoms with van der Waals surface area (Å²) in [6.45, 7) is 4.59. The van der Waals surface area contributed by atoms with E-state index < -0.39 is 0 Å². The average molecular weight is 296 g/mol. The van der Waals surface area contributed by atoms with Gasteiger partial charge in [0, 0.05) is 16.2 Å². The number of nitrogens with one attached hydrogen (secondary N) is 1. The average Bonchev–Trinajstić information content (AvgIpc) is 2.34. The fraction of sp³-hybridized carbons (Fsp3) is 0.600. The lowest BCUT2D eigenvalue weighted by Crippen LogP contribution is -2.25. The molecule has 1 aromatic carbocycles. The monoisotopic (exact) mass is 295 g/mol. The molecule has 0 heterocycles. The second-order valence-electron chi connectivity index (χ2n) is 5.26. The molecule has 94 valence electrons. The lowest BCUT2D eigenvalue weighted by atomic mass is 9.87. The Balaban J connectivity index is 2.03.